The molecule has 0 spiro atoms. The number of hydrogen-bond acceptors (Lipinski definition) is 5. The fraction of sp³-hybridized carbons (Fsp3) is 0.364. The smallest absolute Gasteiger partial charge is 0.272 e. The standard InChI is InChI=1S/C11H15N5O2/c1-6-4-13-8(18-6)5-14-11(17)10-9(12)7(2)15-16(10)3/h4H,5,12H2,1-3H3,(H,14,17). The number of nitrogen functional groups attached to an aromatic ring is 1. The van der Waals surface area contributed by atoms with E-state index in [2.05, 4.69) is 15.4 Å². The highest BCUT2D eigenvalue weighted by Crippen LogP contribution is 2.15. The van der Waals surface area contributed by atoms with Crippen molar-refractivity contribution in [2.75, 3.05) is 5.73 Å². The van der Waals surface area contributed by atoms with Crippen LogP contribution in [0, 0.1) is 13.8 Å². The number of rotatable bonds is 3. The topological polar surface area (TPSA) is 99.0 Å². The van der Waals surface area contributed by atoms with Crippen molar-refractivity contribution in [3.63, 3.8) is 0 Å². The van der Waals surface area contributed by atoms with Gasteiger partial charge >= 0.3 is 0 Å². The molecule has 0 saturated carbocycles. The summed E-state index contributed by atoms with van der Waals surface area (Å²) in [6.07, 6.45) is 1.60. The second-order valence-corrected chi connectivity index (χ2v) is 4.02. The Morgan fingerprint density at radius 2 is 2.28 bits per heavy atom. The van der Waals surface area contributed by atoms with Gasteiger partial charge in [-0.2, -0.15) is 5.10 Å². The highest BCUT2D eigenvalue weighted by molar-refractivity contribution is 5.97. The van der Waals surface area contributed by atoms with Crippen LogP contribution in [0.25, 0.3) is 0 Å². The molecule has 0 radical (unpaired) electrons. The van der Waals surface area contributed by atoms with Crippen LogP contribution in [0.4, 0.5) is 5.69 Å². The lowest BCUT2D eigenvalue weighted by Crippen LogP contribution is -2.26. The number of hydrogen-bond donors (Lipinski definition) is 2. The monoisotopic (exact) mass is 249 g/mol. The number of oxazole rings is 1. The third kappa shape index (κ3) is 2.20. The molecule has 0 aromatic carbocycles. The maximum absolute atomic E-state index is 12.0. The average Bonchev–Trinajstić information content (AvgIpc) is 2.82. The first kappa shape index (κ1) is 12.2. The Morgan fingerprint density at radius 3 is 2.78 bits per heavy atom. The zero-order chi connectivity index (χ0) is 13.3. The van der Waals surface area contributed by atoms with E-state index in [1.54, 1.807) is 27.1 Å². The summed E-state index contributed by atoms with van der Waals surface area (Å²) in [7, 11) is 1.67. The number of aromatic nitrogens is 3. The summed E-state index contributed by atoms with van der Waals surface area (Å²) in [6, 6.07) is 0. The summed E-state index contributed by atoms with van der Waals surface area (Å²) in [5.74, 6) is 0.861. The molecule has 0 aliphatic rings. The number of nitrogens with zero attached hydrogens (tertiary/aromatic N) is 3. The second-order valence-electron chi connectivity index (χ2n) is 4.02. The molecule has 2 heterocycles. The Hall–Kier alpha value is -2.31. The summed E-state index contributed by atoms with van der Waals surface area (Å²) in [5, 5.41) is 6.77. The van der Waals surface area contributed by atoms with Crippen molar-refractivity contribution in [3.8, 4) is 0 Å². The lowest BCUT2D eigenvalue weighted by Gasteiger charge is -2.04. The van der Waals surface area contributed by atoms with Gasteiger partial charge in [0.25, 0.3) is 5.91 Å². The van der Waals surface area contributed by atoms with Crippen LogP contribution in [-0.2, 0) is 13.6 Å². The van der Waals surface area contributed by atoms with Gasteiger partial charge < -0.3 is 15.5 Å². The number of aryl methyl sites for hydroxylation is 3. The van der Waals surface area contributed by atoms with E-state index in [0.717, 1.165) is 0 Å². The number of nitrogens with one attached hydrogen (secondary N) is 1. The van der Waals surface area contributed by atoms with Gasteiger partial charge in [0.15, 0.2) is 0 Å². The van der Waals surface area contributed by atoms with Gasteiger partial charge in [-0.25, -0.2) is 4.98 Å². The van der Waals surface area contributed by atoms with Crippen LogP contribution in [-0.4, -0.2) is 20.7 Å². The average molecular weight is 249 g/mol. The number of carbonyl (C=O) groups is 1. The van der Waals surface area contributed by atoms with Crippen molar-refractivity contribution >= 4 is 11.6 Å². The van der Waals surface area contributed by atoms with E-state index in [0.29, 0.717) is 28.7 Å². The molecule has 2 aromatic heterocycles. The number of carbonyl (C=O) groups excluding carboxylic acids is 1. The largest absolute Gasteiger partial charge is 0.444 e. The maximum atomic E-state index is 12.0. The first-order valence-corrected chi connectivity index (χ1v) is 5.47. The van der Waals surface area contributed by atoms with Crippen LogP contribution in [0.3, 0.4) is 0 Å². The van der Waals surface area contributed by atoms with E-state index < -0.39 is 0 Å². The molecule has 0 unspecified atom stereocenters. The molecule has 7 nitrogen and oxygen atoms in total. The predicted molar refractivity (Wildman–Crippen MR) is 64.8 cm³/mol. The maximum Gasteiger partial charge on any atom is 0.272 e. The number of nitrogens with two attached hydrogens (primary N) is 1. The van der Waals surface area contributed by atoms with Crippen LogP contribution in [0.2, 0.25) is 0 Å². The van der Waals surface area contributed by atoms with Crippen molar-refractivity contribution < 1.29 is 9.21 Å². The predicted octanol–water partition coefficient (Wildman–Crippen LogP) is 0.537. The molecule has 0 fully saturated rings. The Morgan fingerprint density at radius 1 is 1.56 bits per heavy atom. The molecule has 2 rings (SSSR count). The van der Waals surface area contributed by atoms with E-state index in [-0.39, 0.29) is 12.5 Å². The Labute approximate surface area is 104 Å². The summed E-state index contributed by atoms with van der Waals surface area (Å²) in [4.78, 5) is 16.0. The first-order chi connectivity index (χ1) is 8.49. The SMILES string of the molecule is Cc1cnc(CNC(=O)c2c(N)c(C)nn2C)o1. The van der Waals surface area contributed by atoms with Gasteiger partial charge in [0.05, 0.1) is 24.1 Å². The Balaban J connectivity index is 2.08. The van der Waals surface area contributed by atoms with Crippen LogP contribution in [0.15, 0.2) is 10.6 Å². The van der Waals surface area contributed by atoms with Gasteiger partial charge in [-0.1, -0.05) is 0 Å². The van der Waals surface area contributed by atoms with E-state index in [4.69, 9.17) is 10.2 Å². The molecular weight excluding hydrogens is 234 g/mol. The normalized spacial score (nSPS) is 10.6. The van der Waals surface area contributed by atoms with Crippen molar-refractivity contribution in [2.24, 2.45) is 7.05 Å². The minimum Gasteiger partial charge on any atom is -0.444 e. The third-order valence-electron chi connectivity index (χ3n) is 2.55. The van der Waals surface area contributed by atoms with Crippen LogP contribution >= 0.6 is 0 Å². The quantitative estimate of drug-likeness (QED) is 0.827. The fourth-order valence-electron chi connectivity index (χ4n) is 1.67. The van der Waals surface area contributed by atoms with E-state index in [1.165, 1.54) is 4.68 Å². The van der Waals surface area contributed by atoms with Crippen molar-refractivity contribution in [1.82, 2.24) is 20.1 Å². The van der Waals surface area contributed by atoms with Gasteiger partial charge in [0.2, 0.25) is 5.89 Å². The molecule has 3 N–H and O–H groups in total. The third-order valence-corrected chi connectivity index (χ3v) is 2.55. The van der Waals surface area contributed by atoms with Crippen LogP contribution in [0.1, 0.15) is 27.8 Å². The zero-order valence-electron chi connectivity index (χ0n) is 10.5. The van der Waals surface area contributed by atoms with Gasteiger partial charge in [-0.3, -0.25) is 9.48 Å². The van der Waals surface area contributed by atoms with Crippen molar-refractivity contribution in [1.29, 1.82) is 0 Å². The minimum absolute atomic E-state index is 0.219. The lowest BCUT2D eigenvalue weighted by atomic mass is 10.3. The fourth-order valence-corrected chi connectivity index (χ4v) is 1.67. The molecule has 96 valence electrons. The highest BCUT2D eigenvalue weighted by atomic mass is 16.4. The molecule has 0 aliphatic heterocycles. The zero-order valence-corrected chi connectivity index (χ0v) is 10.5. The Kier molecular flexibility index (Phi) is 3.05. The molecule has 18 heavy (non-hydrogen) atoms. The highest BCUT2D eigenvalue weighted by Gasteiger charge is 2.17. The summed E-state index contributed by atoms with van der Waals surface area (Å²) >= 11 is 0. The van der Waals surface area contributed by atoms with Crippen LogP contribution in [0.5, 0.6) is 0 Å². The van der Waals surface area contributed by atoms with Gasteiger partial charge in [-0.05, 0) is 13.8 Å². The van der Waals surface area contributed by atoms with Gasteiger partial charge in [0.1, 0.15) is 11.5 Å². The van der Waals surface area contributed by atoms with Crippen molar-refractivity contribution in [2.45, 2.75) is 20.4 Å². The molecule has 0 aliphatic carbocycles. The molecular formula is C11H15N5O2. The van der Waals surface area contributed by atoms with Crippen molar-refractivity contribution in [3.05, 3.63) is 29.2 Å². The number of anilines is 1. The van der Waals surface area contributed by atoms with Gasteiger partial charge in [-0.15, -0.1) is 0 Å². The van der Waals surface area contributed by atoms with E-state index in [1.807, 2.05) is 0 Å². The van der Waals surface area contributed by atoms with E-state index >= 15 is 0 Å². The molecule has 7 heteroatoms. The number of amides is 1. The first-order valence-electron chi connectivity index (χ1n) is 5.47. The van der Waals surface area contributed by atoms with Crippen LogP contribution < -0.4 is 11.1 Å². The Bertz CT molecular complexity index is 584. The summed E-state index contributed by atoms with van der Waals surface area (Å²) in [6.45, 7) is 3.76. The summed E-state index contributed by atoms with van der Waals surface area (Å²) in [5.41, 5.74) is 7.16. The molecule has 1 amide bonds. The second kappa shape index (κ2) is 4.52. The minimum atomic E-state index is -0.300. The molecule has 0 saturated heterocycles. The molecule has 0 bridgehead atoms. The lowest BCUT2D eigenvalue weighted by molar-refractivity contribution is 0.0938. The molecule has 0 atom stereocenters. The molecule has 2 aromatic rings. The van der Waals surface area contributed by atoms with E-state index in [9.17, 15) is 4.79 Å². The summed E-state index contributed by atoms with van der Waals surface area (Å²) < 4.78 is 6.72. The van der Waals surface area contributed by atoms with Gasteiger partial charge in [0, 0.05) is 7.05 Å².